The van der Waals surface area contributed by atoms with Crippen LogP contribution in [-0.4, -0.2) is 21.8 Å². The molecule has 0 amide bonds. The molecule has 2 N–H and O–H groups in total. The van der Waals surface area contributed by atoms with Crippen molar-refractivity contribution in [3.8, 4) is 0 Å². The number of aliphatic imine (C=N–C) groups is 1. The maximum Gasteiger partial charge on any atom is 0.269 e. The van der Waals surface area contributed by atoms with Gasteiger partial charge in [0.15, 0.2) is 0 Å². The number of nitrogens with zero attached hydrogens (tertiary/aromatic N) is 2. The lowest BCUT2D eigenvalue weighted by Crippen LogP contribution is -2.23. The molecular formula is C12H14FN3O2S. The number of hydrogen-bond acceptors (Lipinski definition) is 5. The fourth-order valence-electron chi connectivity index (χ4n) is 1.92. The van der Waals surface area contributed by atoms with E-state index in [2.05, 4.69) is 4.99 Å². The van der Waals surface area contributed by atoms with Crippen LogP contribution >= 0.6 is 11.8 Å². The number of nitro benzene ring substituents is 1. The normalized spacial score (nSPS) is 23.6. The van der Waals surface area contributed by atoms with Crippen LogP contribution in [0.2, 0.25) is 0 Å². The van der Waals surface area contributed by atoms with Gasteiger partial charge in [-0.2, -0.15) is 11.8 Å². The maximum atomic E-state index is 13.8. The molecule has 0 saturated carbocycles. The molecule has 1 heterocycles. The van der Waals surface area contributed by atoms with E-state index in [1.54, 1.807) is 11.8 Å². The summed E-state index contributed by atoms with van der Waals surface area (Å²) in [6.45, 7) is 1.94. The second-order valence-electron chi connectivity index (χ2n) is 4.33. The van der Waals surface area contributed by atoms with Gasteiger partial charge in [-0.3, -0.25) is 15.1 Å². The highest BCUT2D eigenvalue weighted by Gasteiger charge is 2.23. The van der Waals surface area contributed by atoms with E-state index in [9.17, 15) is 14.5 Å². The summed E-state index contributed by atoms with van der Waals surface area (Å²) in [6.07, 6.45) is 0.619. The van der Waals surface area contributed by atoms with Crippen LogP contribution in [0.1, 0.15) is 24.9 Å². The monoisotopic (exact) mass is 283 g/mol. The Kier molecular flexibility index (Phi) is 4.04. The molecular weight excluding hydrogens is 269 g/mol. The van der Waals surface area contributed by atoms with Gasteiger partial charge in [-0.15, -0.1) is 0 Å². The smallest absolute Gasteiger partial charge is 0.269 e. The Balaban J connectivity index is 2.40. The van der Waals surface area contributed by atoms with Gasteiger partial charge >= 0.3 is 0 Å². The highest BCUT2D eigenvalue weighted by Crippen LogP contribution is 2.32. The zero-order valence-corrected chi connectivity index (χ0v) is 11.2. The summed E-state index contributed by atoms with van der Waals surface area (Å²) in [7, 11) is 0. The first-order valence-corrected chi connectivity index (χ1v) is 6.92. The quantitative estimate of drug-likeness (QED) is 0.668. The second kappa shape index (κ2) is 5.56. The van der Waals surface area contributed by atoms with Crippen LogP contribution < -0.4 is 5.73 Å². The molecule has 0 aromatic heterocycles. The number of rotatable bonds is 2. The van der Waals surface area contributed by atoms with Crippen molar-refractivity contribution in [2.45, 2.75) is 24.6 Å². The zero-order valence-electron chi connectivity index (χ0n) is 10.4. The molecule has 1 aliphatic heterocycles. The third-order valence-corrected chi connectivity index (χ3v) is 4.24. The van der Waals surface area contributed by atoms with Crippen molar-refractivity contribution < 1.29 is 9.31 Å². The van der Waals surface area contributed by atoms with Gasteiger partial charge in [-0.25, -0.2) is 4.39 Å². The van der Waals surface area contributed by atoms with Gasteiger partial charge in [-0.05, 0) is 25.2 Å². The summed E-state index contributed by atoms with van der Waals surface area (Å²) in [6, 6.07) is 3.07. The van der Waals surface area contributed by atoms with Crippen LogP contribution in [0.25, 0.3) is 0 Å². The van der Waals surface area contributed by atoms with Crippen molar-refractivity contribution in [3.05, 3.63) is 39.7 Å². The van der Waals surface area contributed by atoms with E-state index in [0.29, 0.717) is 12.3 Å². The Hall–Kier alpha value is -1.63. The lowest BCUT2D eigenvalue weighted by atomic mass is 10.0. The number of benzene rings is 1. The van der Waals surface area contributed by atoms with Crippen molar-refractivity contribution in [2.75, 3.05) is 5.75 Å². The van der Waals surface area contributed by atoms with Gasteiger partial charge in [0.2, 0.25) is 0 Å². The molecule has 2 unspecified atom stereocenters. The predicted molar refractivity (Wildman–Crippen MR) is 74.0 cm³/mol. The second-order valence-corrected chi connectivity index (χ2v) is 5.78. The predicted octanol–water partition coefficient (Wildman–Crippen LogP) is 2.66. The van der Waals surface area contributed by atoms with Crippen LogP contribution in [-0.2, 0) is 0 Å². The minimum atomic E-state index is -0.538. The Morgan fingerprint density at radius 2 is 2.32 bits per heavy atom. The SMILES string of the molecule is CC1SCCC(c2cc([N+](=O)[O-])ccc2F)N=C1N. The van der Waals surface area contributed by atoms with Gasteiger partial charge < -0.3 is 5.73 Å². The Morgan fingerprint density at radius 1 is 1.58 bits per heavy atom. The molecule has 19 heavy (non-hydrogen) atoms. The van der Waals surface area contributed by atoms with Crippen LogP contribution in [0, 0.1) is 15.9 Å². The molecule has 0 radical (unpaired) electrons. The summed E-state index contributed by atoms with van der Waals surface area (Å²) in [5.41, 5.74) is 5.94. The van der Waals surface area contributed by atoms with Crippen LogP contribution in [0.5, 0.6) is 0 Å². The van der Waals surface area contributed by atoms with E-state index in [-0.39, 0.29) is 16.5 Å². The van der Waals surface area contributed by atoms with E-state index in [0.717, 1.165) is 17.9 Å². The average Bonchev–Trinajstić information content (AvgIpc) is 2.52. The van der Waals surface area contributed by atoms with E-state index >= 15 is 0 Å². The molecule has 5 nitrogen and oxygen atoms in total. The molecule has 1 aliphatic rings. The topological polar surface area (TPSA) is 81.5 Å². The van der Waals surface area contributed by atoms with Gasteiger partial charge in [0, 0.05) is 17.7 Å². The first-order valence-electron chi connectivity index (χ1n) is 5.87. The van der Waals surface area contributed by atoms with Crippen molar-refractivity contribution in [1.29, 1.82) is 0 Å². The zero-order chi connectivity index (χ0) is 14.0. The molecule has 1 aromatic carbocycles. The number of nitro groups is 1. The van der Waals surface area contributed by atoms with Crippen molar-refractivity contribution >= 4 is 23.3 Å². The first-order chi connectivity index (χ1) is 8.99. The molecule has 1 aromatic rings. The molecule has 2 atom stereocenters. The molecule has 0 aliphatic carbocycles. The van der Waals surface area contributed by atoms with E-state index in [1.165, 1.54) is 6.07 Å². The summed E-state index contributed by atoms with van der Waals surface area (Å²) < 4.78 is 13.8. The molecule has 0 saturated heterocycles. The summed E-state index contributed by atoms with van der Waals surface area (Å²) >= 11 is 1.65. The number of thioether (sulfide) groups is 1. The lowest BCUT2D eigenvalue weighted by molar-refractivity contribution is -0.385. The molecule has 2 rings (SSSR count). The Morgan fingerprint density at radius 3 is 3.00 bits per heavy atom. The minimum absolute atomic E-state index is 0.0896. The molecule has 7 heteroatoms. The number of hydrogen-bond donors (Lipinski definition) is 1. The van der Waals surface area contributed by atoms with Gasteiger partial charge in [0.05, 0.1) is 16.2 Å². The van der Waals surface area contributed by atoms with E-state index in [4.69, 9.17) is 5.73 Å². The van der Waals surface area contributed by atoms with Gasteiger partial charge in [0.25, 0.3) is 5.69 Å². The largest absolute Gasteiger partial charge is 0.387 e. The number of nitrogens with two attached hydrogens (primary N) is 1. The van der Waals surface area contributed by atoms with Crippen molar-refractivity contribution in [3.63, 3.8) is 0 Å². The standard InChI is InChI=1S/C12H14FN3O2S/c1-7-12(14)15-11(4-5-19-7)9-6-8(16(17)18)2-3-10(9)13/h2-3,6-7,11H,4-5H2,1H3,(H2,14,15). The van der Waals surface area contributed by atoms with Crippen LogP contribution in [0.4, 0.5) is 10.1 Å². The minimum Gasteiger partial charge on any atom is -0.387 e. The number of non-ortho nitro benzene ring substituents is 1. The van der Waals surface area contributed by atoms with E-state index in [1.807, 2.05) is 6.92 Å². The summed E-state index contributed by atoms with van der Waals surface area (Å²) in [5.74, 6) is 0.767. The highest BCUT2D eigenvalue weighted by molar-refractivity contribution is 8.00. The summed E-state index contributed by atoms with van der Waals surface area (Å²) in [5, 5.41) is 10.8. The maximum absolute atomic E-state index is 13.8. The highest BCUT2D eigenvalue weighted by atomic mass is 32.2. The third-order valence-electron chi connectivity index (χ3n) is 3.03. The van der Waals surface area contributed by atoms with Gasteiger partial charge in [-0.1, -0.05) is 0 Å². The molecule has 0 bridgehead atoms. The lowest BCUT2D eigenvalue weighted by Gasteiger charge is -2.12. The average molecular weight is 283 g/mol. The summed E-state index contributed by atoms with van der Waals surface area (Å²) in [4.78, 5) is 14.5. The van der Waals surface area contributed by atoms with Crippen LogP contribution in [0.15, 0.2) is 23.2 Å². The fourth-order valence-corrected chi connectivity index (χ4v) is 2.86. The van der Waals surface area contributed by atoms with Crippen molar-refractivity contribution in [1.82, 2.24) is 0 Å². The van der Waals surface area contributed by atoms with Crippen molar-refractivity contribution in [2.24, 2.45) is 10.7 Å². The third kappa shape index (κ3) is 3.04. The molecule has 102 valence electrons. The Labute approximate surface area is 114 Å². The van der Waals surface area contributed by atoms with Crippen LogP contribution in [0.3, 0.4) is 0 Å². The van der Waals surface area contributed by atoms with Gasteiger partial charge in [0.1, 0.15) is 11.7 Å². The Bertz CT molecular complexity index is 536. The number of halogens is 1. The molecule has 0 spiro atoms. The fraction of sp³-hybridized carbons (Fsp3) is 0.417. The number of amidine groups is 1. The van der Waals surface area contributed by atoms with E-state index < -0.39 is 16.8 Å². The molecule has 0 fully saturated rings. The first kappa shape index (κ1) is 13.8.